The Bertz CT molecular complexity index is 1380. The summed E-state index contributed by atoms with van der Waals surface area (Å²) in [7, 11) is 1.56. The Morgan fingerprint density at radius 2 is 1.97 bits per heavy atom. The second-order valence-corrected chi connectivity index (χ2v) is 8.47. The highest BCUT2D eigenvalue weighted by atomic mass is 19.1. The fraction of sp³-hybridized carbons (Fsp3) is 0.192. The molecule has 0 spiro atoms. The van der Waals surface area contributed by atoms with Crippen LogP contribution >= 0.6 is 0 Å². The molecule has 1 atom stereocenters. The first-order valence-corrected chi connectivity index (χ1v) is 11.0. The van der Waals surface area contributed by atoms with Gasteiger partial charge in [-0.15, -0.1) is 0 Å². The van der Waals surface area contributed by atoms with Gasteiger partial charge in [0.1, 0.15) is 28.5 Å². The molecule has 2 aromatic carbocycles. The number of amides is 2. The standard InChI is InChI=1S/C26H23FN4O4/c1-26(25(33)28-15-17-5-3-6-18(27)13-17)16-30-22(14-21(29-30)23-7-4-12-35-23)24(32)31(26)19-8-10-20(34-2)11-9-19/h3-14H,15-16H2,1-2H3,(H,28,33). The Labute approximate surface area is 200 Å². The van der Waals surface area contributed by atoms with Gasteiger partial charge in [-0.05, 0) is 61.0 Å². The molecule has 2 amide bonds. The summed E-state index contributed by atoms with van der Waals surface area (Å²) in [5.74, 6) is -0.0161. The highest BCUT2D eigenvalue weighted by Crippen LogP contribution is 2.35. The molecule has 0 bridgehead atoms. The van der Waals surface area contributed by atoms with Crippen LogP contribution in [0.15, 0.2) is 77.4 Å². The number of anilines is 1. The van der Waals surface area contributed by atoms with Crippen molar-refractivity contribution in [3.8, 4) is 17.2 Å². The summed E-state index contributed by atoms with van der Waals surface area (Å²) in [6.45, 7) is 1.91. The molecule has 3 heterocycles. The average Bonchev–Trinajstić information content (AvgIpc) is 3.53. The molecule has 0 radical (unpaired) electrons. The van der Waals surface area contributed by atoms with Crippen molar-refractivity contribution in [3.05, 3.63) is 90.1 Å². The lowest BCUT2D eigenvalue weighted by molar-refractivity contribution is -0.126. The van der Waals surface area contributed by atoms with Gasteiger partial charge in [-0.3, -0.25) is 19.2 Å². The maximum Gasteiger partial charge on any atom is 0.277 e. The Kier molecular flexibility index (Phi) is 5.60. The maximum atomic E-state index is 13.8. The monoisotopic (exact) mass is 474 g/mol. The third-order valence-corrected chi connectivity index (χ3v) is 6.09. The van der Waals surface area contributed by atoms with E-state index in [-0.39, 0.29) is 24.8 Å². The van der Waals surface area contributed by atoms with Crippen LogP contribution in [0.25, 0.3) is 11.5 Å². The molecular formula is C26H23FN4O4. The van der Waals surface area contributed by atoms with Gasteiger partial charge in [0.25, 0.3) is 5.91 Å². The summed E-state index contributed by atoms with van der Waals surface area (Å²) < 4.78 is 25.8. The van der Waals surface area contributed by atoms with Gasteiger partial charge in [0, 0.05) is 18.3 Å². The zero-order valence-electron chi connectivity index (χ0n) is 19.2. The maximum absolute atomic E-state index is 13.8. The fourth-order valence-corrected chi connectivity index (χ4v) is 4.28. The van der Waals surface area contributed by atoms with Crippen molar-refractivity contribution in [2.24, 2.45) is 0 Å². The van der Waals surface area contributed by atoms with Gasteiger partial charge in [-0.25, -0.2) is 4.39 Å². The van der Waals surface area contributed by atoms with Gasteiger partial charge in [0.05, 0.1) is 19.9 Å². The lowest BCUT2D eigenvalue weighted by atomic mass is 9.93. The van der Waals surface area contributed by atoms with Crippen LogP contribution in [0.3, 0.4) is 0 Å². The lowest BCUT2D eigenvalue weighted by Crippen LogP contribution is -2.64. The van der Waals surface area contributed by atoms with E-state index in [2.05, 4.69) is 10.4 Å². The Balaban J connectivity index is 1.53. The first-order chi connectivity index (χ1) is 16.9. The van der Waals surface area contributed by atoms with Crippen LogP contribution < -0.4 is 15.0 Å². The zero-order valence-corrected chi connectivity index (χ0v) is 19.2. The summed E-state index contributed by atoms with van der Waals surface area (Å²) in [4.78, 5) is 28.8. The molecule has 1 unspecified atom stereocenters. The number of carbonyl (C=O) groups is 2. The van der Waals surface area contributed by atoms with Crippen molar-refractivity contribution in [3.63, 3.8) is 0 Å². The molecule has 1 aliphatic heterocycles. The summed E-state index contributed by atoms with van der Waals surface area (Å²) in [6, 6.07) is 18.1. The number of nitrogens with zero attached hydrogens (tertiary/aromatic N) is 3. The molecule has 4 aromatic rings. The molecule has 1 aliphatic rings. The summed E-state index contributed by atoms with van der Waals surface area (Å²) in [6.07, 6.45) is 1.53. The van der Waals surface area contributed by atoms with Crippen molar-refractivity contribution in [2.45, 2.75) is 25.6 Å². The Morgan fingerprint density at radius 3 is 2.66 bits per heavy atom. The van der Waals surface area contributed by atoms with E-state index >= 15 is 0 Å². The van der Waals surface area contributed by atoms with Crippen LogP contribution in [-0.4, -0.2) is 34.2 Å². The smallest absolute Gasteiger partial charge is 0.277 e. The van der Waals surface area contributed by atoms with E-state index in [0.717, 1.165) is 0 Å². The first kappa shape index (κ1) is 22.4. The number of hydrogen-bond acceptors (Lipinski definition) is 5. The minimum atomic E-state index is -1.32. The van der Waals surface area contributed by atoms with Crippen LogP contribution in [0.2, 0.25) is 0 Å². The van der Waals surface area contributed by atoms with Gasteiger partial charge < -0.3 is 14.5 Å². The fourth-order valence-electron chi connectivity index (χ4n) is 4.28. The van der Waals surface area contributed by atoms with Gasteiger partial charge in [-0.2, -0.15) is 5.10 Å². The molecular weight excluding hydrogens is 451 g/mol. The van der Waals surface area contributed by atoms with Crippen molar-refractivity contribution in [1.82, 2.24) is 15.1 Å². The minimum absolute atomic E-state index is 0.107. The minimum Gasteiger partial charge on any atom is -0.497 e. The van der Waals surface area contributed by atoms with Crippen LogP contribution in [0, 0.1) is 5.82 Å². The van der Waals surface area contributed by atoms with Crippen LogP contribution in [0.1, 0.15) is 23.0 Å². The number of benzene rings is 2. The van der Waals surface area contributed by atoms with Gasteiger partial charge in [0.15, 0.2) is 5.76 Å². The summed E-state index contributed by atoms with van der Waals surface area (Å²) in [5.41, 5.74) is 0.657. The molecule has 0 saturated heterocycles. The predicted molar refractivity (Wildman–Crippen MR) is 126 cm³/mol. The molecule has 1 N–H and O–H groups in total. The van der Waals surface area contributed by atoms with E-state index in [0.29, 0.717) is 34.1 Å². The molecule has 35 heavy (non-hydrogen) atoms. The SMILES string of the molecule is COc1ccc(N2C(=O)c3cc(-c4ccco4)nn3CC2(C)C(=O)NCc2cccc(F)c2)cc1. The van der Waals surface area contributed by atoms with E-state index in [1.54, 1.807) is 68.6 Å². The number of hydrogen-bond donors (Lipinski definition) is 1. The Morgan fingerprint density at radius 1 is 1.17 bits per heavy atom. The summed E-state index contributed by atoms with van der Waals surface area (Å²) >= 11 is 0. The van der Waals surface area contributed by atoms with E-state index in [9.17, 15) is 14.0 Å². The van der Waals surface area contributed by atoms with Crippen LogP contribution in [0.4, 0.5) is 10.1 Å². The number of ether oxygens (including phenoxy) is 1. The van der Waals surface area contributed by atoms with Gasteiger partial charge in [0.2, 0.25) is 5.91 Å². The second kappa shape index (κ2) is 8.75. The number of furan rings is 1. The normalized spacial score (nSPS) is 17.2. The van der Waals surface area contributed by atoms with Crippen molar-refractivity contribution < 1.29 is 23.1 Å². The number of rotatable bonds is 6. The van der Waals surface area contributed by atoms with E-state index in [1.807, 2.05) is 0 Å². The van der Waals surface area contributed by atoms with Gasteiger partial charge >= 0.3 is 0 Å². The summed E-state index contributed by atoms with van der Waals surface area (Å²) in [5, 5.41) is 7.39. The average molecular weight is 474 g/mol. The third kappa shape index (κ3) is 4.05. The number of fused-ring (bicyclic) bond motifs is 1. The molecule has 2 aromatic heterocycles. The molecule has 178 valence electrons. The molecule has 8 nitrogen and oxygen atoms in total. The molecule has 9 heteroatoms. The largest absolute Gasteiger partial charge is 0.497 e. The quantitative estimate of drug-likeness (QED) is 0.456. The number of methoxy groups -OCH3 is 1. The third-order valence-electron chi connectivity index (χ3n) is 6.09. The number of aromatic nitrogens is 2. The number of carbonyl (C=O) groups excluding carboxylic acids is 2. The zero-order chi connectivity index (χ0) is 24.6. The lowest BCUT2D eigenvalue weighted by Gasteiger charge is -2.43. The van der Waals surface area contributed by atoms with Crippen LogP contribution in [-0.2, 0) is 17.9 Å². The number of halogens is 1. The van der Waals surface area contributed by atoms with Crippen molar-refractivity contribution in [2.75, 3.05) is 12.0 Å². The van der Waals surface area contributed by atoms with Gasteiger partial charge in [-0.1, -0.05) is 12.1 Å². The van der Waals surface area contributed by atoms with E-state index in [4.69, 9.17) is 9.15 Å². The number of nitrogens with one attached hydrogen (secondary N) is 1. The van der Waals surface area contributed by atoms with E-state index in [1.165, 1.54) is 28.0 Å². The highest BCUT2D eigenvalue weighted by molar-refractivity contribution is 6.12. The van der Waals surface area contributed by atoms with Crippen molar-refractivity contribution in [1.29, 1.82) is 0 Å². The van der Waals surface area contributed by atoms with Crippen molar-refractivity contribution >= 4 is 17.5 Å². The topological polar surface area (TPSA) is 89.6 Å². The molecule has 0 saturated carbocycles. The van der Waals surface area contributed by atoms with Crippen LogP contribution in [0.5, 0.6) is 5.75 Å². The molecule has 0 aliphatic carbocycles. The predicted octanol–water partition coefficient (Wildman–Crippen LogP) is 4.03. The molecule has 0 fully saturated rings. The molecule has 5 rings (SSSR count). The first-order valence-electron chi connectivity index (χ1n) is 11.0. The second-order valence-electron chi connectivity index (χ2n) is 8.47. The van der Waals surface area contributed by atoms with E-state index < -0.39 is 11.4 Å². The Hall–Kier alpha value is -4.40. The highest BCUT2D eigenvalue weighted by Gasteiger charge is 2.49.